The number of aryl methyl sites for hydroxylation is 1. The van der Waals surface area contributed by atoms with Gasteiger partial charge < -0.3 is 5.73 Å². The average molecular weight is 257 g/mol. The fraction of sp³-hybridized carbons (Fsp3) is 0.588. The molecular weight excluding hydrogens is 234 g/mol. The van der Waals surface area contributed by atoms with E-state index in [2.05, 4.69) is 19.1 Å². The summed E-state index contributed by atoms with van der Waals surface area (Å²) < 4.78 is 0. The maximum atomic E-state index is 12.6. The number of Topliss-reactive ketones (excluding diaryl/α,β-unsaturated/α-hetero) is 1. The van der Waals surface area contributed by atoms with Crippen LogP contribution >= 0.6 is 0 Å². The third kappa shape index (κ3) is 2.23. The molecule has 2 aliphatic rings. The van der Waals surface area contributed by atoms with Crippen LogP contribution in [0.25, 0.3) is 0 Å². The molecule has 3 rings (SSSR count). The largest absolute Gasteiger partial charge is 0.327 e. The molecular formula is C17H23NO. The first-order valence-electron chi connectivity index (χ1n) is 7.59. The monoisotopic (exact) mass is 257 g/mol. The molecule has 1 aromatic rings. The van der Waals surface area contributed by atoms with Crippen molar-refractivity contribution in [2.45, 2.75) is 45.1 Å². The fourth-order valence-corrected chi connectivity index (χ4v) is 4.04. The molecule has 2 saturated carbocycles. The van der Waals surface area contributed by atoms with Crippen LogP contribution in [-0.4, -0.2) is 11.8 Å². The van der Waals surface area contributed by atoms with E-state index in [0.29, 0.717) is 11.8 Å². The number of rotatable bonds is 4. The topological polar surface area (TPSA) is 43.1 Å². The summed E-state index contributed by atoms with van der Waals surface area (Å²) in [6.07, 6.45) is 5.83. The highest BCUT2D eigenvalue weighted by atomic mass is 16.1. The molecule has 0 heterocycles. The van der Waals surface area contributed by atoms with Crippen molar-refractivity contribution in [1.82, 2.24) is 0 Å². The van der Waals surface area contributed by atoms with Crippen molar-refractivity contribution < 1.29 is 4.79 Å². The molecule has 2 bridgehead atoms. The van der Waals surface area contributed by atoms with Crippen LogP contribution in [0.1, 0.15) is 48.5 Å². The lowest BCUT2D eigenvalue weighted by Gasteiger charge is -2.26. The maximum absolute atomic E-state index is 12.6. The molecule has 0 spiro atoms. The van der Waals surface area contributed by atoms with E-state index in [-0.39, 0.29) is 17.7 Å². The Morgan fingerprint density at radius 2 is 1.89 bits per heavy atom. The van der Waals surface area contributed by atoms with Crippen molar-refractivity contribution in [2.24, 2.45) is 23.5 Å². The van der Waals surface area contributed by atoms with Crippen LogP contribution in [0.5, 0.6) is 0 Å². The summed E-state index contributed by atoms with van der Waals surface area (Å²) in [4.78, 5) is 12.6. The number of hydrogen-bond acceptors (Lipinski definition) is 2. The van der Waals surface area contributed by atoms with E-state index >= 15 is 0 Å². The number of nitrogens with two attached hydrogens (primary N) is 1. The Morgan fingerprint density at radius 1 is 1.21 bits per heavy atom. The molecule has 0 saturated heterocycles. The van der Waals surface area contributed by atoms with Crippen molar-refractivity contribution in [3.8, 4) is 0 Å². The first-order chi connectivity index (χ1) is 9.20. The first kappa shape index (κ1) is 12.9. The second-order valence-electron chi connectivity index (χ2n) is 6.25. The zero-order valence-electron chi connectivity index (χ0n) is 11.6. The summed E-state index contributed by atoms with van der Waals surface area (Å²) in [5, 5.41) is 0. The molecule has 1 aromatic carbocycles. The van der Waals surface area contributed by atoms with E-state index in [1.165, 1.54) is 24.8 Å². The summed E-state index contributed by atoms with van der Waals surface area (Å²) in [6, 6.07) is 8.27. The Bertz CT molecular complexity index is 463. The van der Waals surface area contributed by atoms with Gasteiger partial charge in [-0.2, -0.15) is 0 Å². The van der Waals surface area contributed by atoms with Gasteiger partial charge in [0.15, 0.2) is 5.78 Å². The Kier molecular flexibility index (Phi) is 3.44. The fourth-order valence-electron chi connectivity index (χ4n) is 4.04. The number of carbonyl (C=O) groups excluding carboxylic acids is 1. The lowest BCUT2D eigenvalue weighted by Crippen LogP contribution is -2.40. The van der Waals surface area contributed by atoms with Crippen LogP contribution in [0.2, 0.25) is 0 Å². The molecule has 4 unspecified atom stereocenters. The molecule has 2 heteroatoms. The highest BCUT2D eigenvalue weighted by Crippen LogP contribution is 2.48. The highest BCUT2D eigenvalue weighted by Gasteiger charge is 2.48. The van der Waals surface area contributed by atoms with Crippen LogP contribution in [0, 0.1) is 17.8 Å². The van der Waals surface area contributed by atoms with Crippen LogP contribution in [0.4, 0.5) is 0 Å². The van der Waals surface area contributed by atoms with Crippen molar-refractivity contribution >= 4 is 5.78 Å². The van der Waals surface area contributed by atoms with E-state index in [9.17, 15) is 4.79 Å². The number of fused-ring (bicyclic) bond motifs is 2. The predicted molar refractivity (Wildman–Crippen MR) is 77.1 cm³/mol. The summed E-state index contributed by atoms with van der Waals surface area (Å²) in [5.41, 5.74) is 8.43. The number of benzene rings is 1. The molecule has 4 atom stereocenters. The van der Waals surface area contributed by atoms with Crippen LogP contribution in [0.15, 0.2) is 24.3 Å². The molecule has 0 amide bonds. The number of hydrogen-bond donors (Lipinski definition) is 1. The van der Waals surface area contributed by atoms with Gasteiger partial charge in [0.05, 0.1) is 0 Å². The standard InChI is InChI=1S/C17H23NO/c1-2-3-11-4-6-12(7-5-11)17(19)15-13-8-9-14(10-13)16(15)18/h4-7,13-16H,2-3,8-10,18H2,1H3. The molecule has 102 valence electrons. The van der Waals surface area contributed by atoms with Crippen LogP contribution in [-0.2, 0) is 6.42 Å². The Hall–Kier alpha value is -1.15. The minimum Gasteiger partial charge on any atom is -0.327 e. The van der Waals surface area contributed by atoms with Crippen molar-refractivity contribution in [3.05, 3.63) is 35.4 Å². The number of ketones is 1. The summed E-state index contributed by atoms with van der Waals surface area (Å²) in [7, 11) is 0. The third-order valence-electron chi connectivity index (χ3n) is 5.06. The molecule has 2 aliphatic carbocycles. The van der Waals surface area contributed by atoms with Gasteiger partial charge in [0.2, 0.25) is 0 Å². The third-order valence-corrected chi connectivity index (χ3v) is 5.06. The van der Waals surface area contributed by atoms with Gasteiger partial charge in [-0.15, -0.1) is 0 Å². The van der Waals surface area contributed by atoms with Gasteiger partial charge in [0, 0.05) is 17.5 Å². The lowest BCUT2D eigenvalue weighted by atomic mass is 9.80. The van der Waals surface area contributed by atoms with Gasteiger partial charge in [0.1, 0.15) is 0 Å². The molecule has 2 N–H and O–H groups in total. The molecule has 2 nitrogen and oxygen atoms in total. The Labute approximate surface area is 115 Å². The van der Waals surface area contributed by atoms with Gasteiger partial charge >= 0.3 is 0 Å². The van der Waals surface area contributed by atoms with E-state index in [0.717, 1.165) is 18.4 Å². The zero-order valence-corrected chi connectivity index (χ0v) is 11.6. The van der Waals surface area contributed by atoms with Gasteiger partial charge in [-0.3, -0.25) is 4.79 Å². The lowest BCUT2D eigenvalue weighted by molar-refractivity contribution is 0.0856. The minimum atomic E-state index is 0.0794. The van der Waals surface area contributed by atoms with Crippen LogP contribution < -0.4 is 5.73 Å². The second kappa shape index (κ2) is 5.09. The smallest absolute Gasteiger partial charge is 0.167 e. The van der Waals surface area contributed by atoms with Crippen molar-refractivity contribution in [2.75, 3.05) is 0 Å². The van der Waals surface area contributed by atoms with E-state index < -0.39 is 0 Å². The van der Waals surface area contributed by atoms with Crippen molar-refractivity contribution in [3.63, 3.8) is 0 Å². The Balaban J connectivity index is 1.76. The molecule has 19 heavy (non-hydrogen) atoms. The SMILES string of the molecule is CCCc1ccc(C(=O)C2C3CCC(C3)C2N)cc1. The van der Waals surface area contributed by atoms with Gasteiger partial charge in [-0.1, -0.05) is 37.6 Å². The predicted octanol–water partition coefficient (Wildman–Crippen LogP) is 3.20. The highest BCUT2D eigenvalue weighted by molar-refractivity contribution is 5.98. The normalized spacial score (nSPS) is 32.7. The zero-order chi connectivity index (χ0) is 13.4. The van der Waals surface area contributed by atoms with Crippen molar-refractivity contribution in [1.29, 1.82) is 0 Å². The summed E-state index contributed by atoms with van der Waals surface area (Å²) in [6.45, 7) is 2.17. The molecule has 2 fully saturated rings. The average Bonchev–Trinajstić information content (AvgIpc) is 3.00. The van der Waals surface area contributed by atoms with E-state index in [1.54, 1.807) is 0 Å². The maximum Gasteiger partial charge on any atom is 0.167 e. The second-order valence-corrected chi connectivity index (χ2v) is 6.25. The van der Waals surface area contributed by atoms with Crippen LogP contribution in [0.3, 0.4) is 0 Å². The minimum absolute atomic E-state index is 0.0794. The summed E-state index contributed by atoms with van der Waals surface area (Å²) in [5.74, 6) is 1.50. The quantitative estimate of drug-likeness (QED) is 0.842. The van der Waals surface area contributed by atoms with Gasteiger partial charge in [0.25, 0.3) is 0 Å². The molecule has 0 aliphatic heterocycles. The molecule has 0 aromatic heterocycles. The first-order valence-corrected chi connectivity index (χ1v) is 7.59. The van der Waals surface area contributed by atoms with E-state index in [4.69, 9.17) is 5.73 Å². The summed E-state index contributed by atoms with van der Waals surface area (Å²) >= 11 is 0. The van der Waals surface area contributed by atoms with E-state index in [1.807, 2.05) is 12.1 Å². The molecule has 0 radical (unpaired) electrons. The van der Waals surface area contributed by atoms with Gasteiger partial charge in [-0.05, 0) is 43.1 Å². The Morgan fingerprint density at radius 3 is 2.47 bits per heavy atom. The number of carbonyl (C=O) groups is 1. The van der Waals surface area contributed by atoms with Gasteiger partial charge in [-0.25, -0.2) is 0 Å².